The van der Waals surface area contributed by atoms with Gasteiger partial charge in [0.2, 0.25) is 5.91 Å². The summed E-state index contributed by atoms with van der Waals surface area (Å²) in [4.78, 5) is 35.9. The summed E-state index contributed by atoms with van der Waals surface area (Å²) < 4.78 is 28.0. The van der Waals surface area contributed by atoms with Crippen molar-refractivity contribution in [3.63, 3.8) is 0 Å². The van der Waals surface area contributed by atoms with E-state index in [9.17, 15) is 22.8 Å². The van der Waals surface area contributed by atoms with Crippen molar-refractivity contribution in [3.8, 4) is 0 Å². The second-order valence-electron chi connectivity index (χ2n) is 6.31. The van der Waals surface area contributed by atoms with Crippen LogP contribution in [0.1, 0.15) is 25.8 Å². The number of nitrogens with one attached hydrogen (secondary N) is 2. The first-order chi connectivity index (χ1) is 12.7. The Morgan fingerprint density at radius 3 is 2.44 bits per heavy atom. The lowest BCUT2D eigenvalue weighted by atomic mass is 10.2. The number of hydrogen-bond acceptors (Lipinski definition) is 6. The van der Waals surface area contributed by atoms with Gasteiger partial charge in [0.15, 0.2) is 15.9 Å². The van der Waals surface area contributed by atoms with Gasteiger partial charge in [-0.25, -0.2) is 13.2 Å². The first kappa shape index (κ1) is 20.6. The quantitative estimate of drug-likeness (QED) is 0.532. The van der Waals surface area contributed by atoms with Gasteiger partial charge < -0.3 is 15.4 Å². The summed E-state index contributed by atoms with van der Waals surface area (Å²) in [5.74, 6) is -2.01. The molecular weight excluding hydrogens is 372 g/mol. The van der Waals surface area contributed by atoms with Crippen molar-refractivity contribution in [1.82, 2.24) is 10.6 Å². The number of esters is 1. The summed E-state index contributed by atoms with van der Waals surface area (Å²) in [6.45, 7) is 2.63. The molecule has 1 aromatic carbocycles. The minimum absolute atomic E-state index is 0.0264. The zero-order chi connectivity index (χ0) is 20.0. The third-order valence-corrected chi connectivity index (χ3v) is 5.64. The van der Waals surface area contributed by atoms with Crippen molar-refractivity contribution < 1.29 is 27.5 Å². The van der Waals surface area contributed by atoms with Crippen molar-refractivity contribution in [1.29, 1.82) is 0 Å². The Kier molecular flexibility index (Phi) is 6.73. The molecular formula is C18H22N2O6S. The number of benzene rings is 1. The molecule has 0 unspecified atom stereocenters. The molecule has 2 N–H and O–H groups in total. The molecule has 1 heterocycles. The molecule has 2 rings (SSSR count). The lowest BCUT2D eigenvalue weighted by molar-refractivity contribution is -0.152. The fourth-order valence-corrected chi connectivity index (χ4v) is 4.23. The SMILES string of the molecule is CC(=O)N/C(=C\c1ccccc1)C(=O)O[C@H](C)C(=O)N[C@H]1CCS(=O)(=O)C1. The summed E-state index contributed by atoms with van der Waals surface area (Å²) in [6.07, 6.45) is 0.631. The Bertz CT molecular complexity index is 848. The number of hydrogen-bond donors (Lipinski definition) is 2. The Labute approximate surface area is 157 Å². The molecule has 0 aromatic heterocycles. The van der Waals surface area contributed by atoms with Crippen LogP contribution in [0.3, 0.4) is 0 Å². The maximum Gasteiger partial charge on any atom is 0.355 e. The van der Waals surface area contributed by atoms with Gasteiger partial charge >= 0.3 is 5.97 Å². The van der Waals surface area contributed by atoms with Crippen LogP contribution in [0.4, 0.5) is 0 Å². The van der Waals surface area contributed by atoms with E-state index < -0.39 is 39.8 Å². The predicted octanol–water partition coefficient (Wildman–Crippen LogP) is 0.399. The zero-order valence-electron chi connectivity index (χ0n) is 15.1. The van der Waals surface area contributed by atoms with E-state index in [4.69, 9.17) is 4.74 Å². The first-order valence-electron chi connectivity index (χ1n) is 8.42. The van der Waals surface area contributed by atoms with E-state index in [1.165, 1.54) is 19.9 Å². The average molecular weight is 394 g/mol. The van der Waals surface area contributed by atoms with Gasteiger partial charge in [0.25, 0.3) is 5.91 Å². The summed E-state index contributed by atoms with van der Waals surface area (Å²) in [5.41, 5.74) is 0.572. The van der Waals surface area contributed by atoms with Crippen LogP contribution in [0.5, 0.6) is 0 Å². The molecule has 1 aromatic rings. The van der Waals surface area contributed by atoms with Crippen LogP contribution in [0.25, 0.3) is 6.08 Å². The molecule has 9 heteroatoms. The van der Waals surface area contributed by atoms with E-state index in [1.807, 2.05) is 6.07 Å². The molecule has 0 spiro atoms. The van der Waals surface area contributed by atoms with Crippen LogP contribution >= 0.6 is 0 Å². The molecule has 0 saturated carbocycles. The molecule has 2 amide bonds. The number of rotatable bonds is 6. The van der Waals surface area contributed by atoms with Gasteiger partial charge in [-0.15, -0.1) is 0 Å². The average Bonchev–Trinajstić information content (AvgIpc) is 2.93. The third-order valence-electron chi connectivity index (χ3n) is 3.87. The van der Waals surface area contributed by atoms with E-state index in [2.05, 4.69) is 10.6 Å². The topological polar surface area (TPSA) is 119 Å². The summed E-state index contributed by atoms with van der Waals surface area (Å²) in [7, 11) is -3.13. The maximum absolute atomic E-state index is 12.4. The number of carbonyl (C=O) groups excluding carboxylic acids is 3. The molecule has 0 bridgehead atoms. The Hall–Kier alpha value is -2.68. The van der Waals surface area contributed by atoms with Crippen molar-refractivity contribution in [3.05, 3.63) is 41.6 Å². The molecule has 27 heavy (non-hydrogen) atoms. The Balaban J connectivity index is 2.02. The van der Waals surface area contributed by atoms with E-state index in [-0.39, 0.29) is 17.2 Å². The van der Waals surface area contributed by atoms with Crippen LogP contribution in [0.15, 0.2) is 36.0 Å². The Morgan fingerprint density at radius 1 is 1.22 bits per heavy atom. The lowest BCUT2D eigenvalue weighted by Crippen LogP contribution is -2.43. The van der Waals surface area contributed by atoms with Gasteiger partial charge in [-0.05, 0) is 25.0 Å². The minimum atomic E-state index is -3.13. The number of ether oxygens (including phenoxy) is 1. The van der Waals surface area contributed by atoms with Crippen molar-refractivity contribution in [2.24, 2.45) is 0 Å². The zero-order valence-corrected chi connectivity index (χ0v) is 15.9. The second kappa shape index (κ2) is 8.81. The van der Waals surface area contributed by atoms with Crippen LogP contribution in [-0.4, -0.2) is 49.9 Å². The van der Waals surface area contributed by atoms with E-state index in [0.29, 0.717) is 12.0 Å². The van der Waals surface area contributed by atoms with Crippen molar-refractivity contribution in [2.75, 3.05) is 11.5 Å². The van der Waals surface area contributed by atoms with E-state index in [0.717, 1.165) is 0 Å². The van der Waals surface area contributed by atoms with Gasteiger partial charge in [-0.2, -0.15) is 0 Å². The summed E-state index contributed by atoms with van der Waals surface area (Å²) in [6, 6.07) is 8.35. The van der Waals surface area contributed by atoms with Gasteiger partial charge in [0, 0.05) is 13.0 Å². The molecule has 1 aliphatic rings. The van der Waals surface area contributed by atoms with Gasteiger partial charge in [-0.3, -0.25) is 9.59 Å². The second-order valence-corrected chi connectivity index (χ2v) is 8.53. The fourth-order valence-electron chi connectivity index (χ4n) is 2.56. The van der Waals surface area contributed by atoms with E-state index in [1.54, 1.807) is 24.3 Å². The smallest absolute Gasteiger partial charge is 0.355 e. The van der Waals surface area contributed by atoms with Gasteiger partial charge in [-0.1, -0.05) is 30.3 Å². The largest absolute Gasteiger partial charge is 0.448 e. The highest BCUT2D eigenvalue weighted by Gasteiger charge is 2.31. The molecule has 146 valence electrons. The highest BCUT2D eigenvalue weighted by Crippen LogP contribution is 2.12. The molecule has 2 atom stereocenters. The number of sulfone groups is 1. The van der Waals surface area contributed by atoms with Crippen LogP contribution in [0, 0.1) is 0 Å². The lowest BCUT2D eigenvalue weighted by Gasteiger charge is -2.17. The normalized spacial score (nSPS) is 19.8. The molecule has 8 nitrogen and oxygen atoms in total. The van der Waals surface area contributed by atoms with Gasteiger partial charge in [0.05, 0.1) is 11.5 Å². The molecule has 0 aliphatic carbocycles. The predicted molar refractivity (Wildman–Crippen MR) is 99.0 cm³/mol. The highest BCUT2D eigenvalue weighted by atomic mass is 32.2. The third kappa shape index (κ3) is 6.52. The standard InChI is InChI=1S/C18H22N2O6S/c1-12(17(22)20-15-8-9-27(24,25)11-15)26-18(23)16(19-13(2)21)10-14-6-4-3-5-7-14/h3-7,10,12,15H,8-9,11H2,1-2H3,(H,19,21)(H,20,22)/b16-10-/t12-,15+/m1/s1. The summed E-state index contributed by atoms with van der Waals surface area (Å²) in [5, 5.41) is 4.96. The highest BCUT2D eigenvalue weighted by molar-refractivity contribution is 7.91. The fraction of sp³-hybridized carbons (Fsp3) is 0.389. The van der Waals surface area contributed by atoms with Gasteiger partial charge in [0.1, 0.15) is 5.70 Å². The van der Waals surface area contributed by atoms with Crippen LogP contribution in [0.2, 0.25) is 0 Å². The molecule has 1 fully saturated rings. The van der Waals surface area contributed by atoms with Crippen molar-refractivity contribution >= 4 is 33.7 Å². The molecule has 1 aliphatic heterocycles. The molecule has 0 radical (unpaired) electrons. The minimum Gasteiger partial charge on any atom is -0.448 e. The van der Waals surface area contributed by atoms with Crippen LogP contribution < -0.4 is 10.6 Å². The number of carbonyl (C=O) groups is 3. The Morgan fingerprint density at radius 2 is 1.89 bits per heavy atom. The number of amides is 2. The van der Waals surface area contributed by atoms with E-state index >= 15 is 0 Å². The van der Waals surface area contributed by atoms with Crippen molar-refractivity contribution in [2.45, 2.75) is 32.4 Å². The molecule has 1 saturated heterocycles. The first-order valence-corrected chi connectivity index (χ1v) is 10.2. The summed E-state index contributed by atoms with van der Waals surface area (Å²) >= 11 is 0. The van der Waals surface area contributed by atoms with Crippen LogP contribution in [-0.2, 0) is 29.0 Å². The maximum atomic E-state index is 12.4. The monoisotopic (exact) mass is 394 g/mol.